The van der Waals surface area contributed by atoms with Gasteiger partial charge in [-0.25, -0.2) is 0 Å². The van der Waals surface area contributed by atoms with Gasteiger partial charge in [-0.2, -0.15) is 0 Å². The third-order valence-corrected chi connectivity index (χ3v) is 1.92. The van der Waals surface area contributed by atoms with E-state index >= 15 is 0 Å². The summed E-state index contributed by atoms with van der Waals surface area (Å²) >= 11 is 0. The second-order valence-electron chi connectivity index (χ2n) is 2.81. The summed E-state index contributed by atoms with van der Waals surface area (Å²) in [5.41, 5.74) is 2.28. The van der Waals surface area contributed by atoms with E-state index in [1.54, 1.807) is 0 Å². The largest absolute Gasteiger partial charge is 0.512 e. The second-order valence-corrected chi connectivity index (χ2v) is 2.81. The SMILES string of the molecule is CC.CCC1=C(O)CC=C(C)C=C1. The van der Waals surface area contributed by atoms with Crippen LogP contribution in [0.15, 0.2) is 35.1 Å². The van der Waals surface area contributed by atoms with Gasteiger partial charge in [-0.3, -0.25) is 0 Å². The van der Waals surface area contributed by atoms with Crippen molar-refractivity contribution in [3.8, 4) is 0 Å². The Bertz CT molecular complexity index is 232. The van der Waals surface area contributed by atoms with E-state index in [1.807, 2.05) is 39.0 Å². The predicted molar refractivity (Wildman–Crippen MR) is 58.8 cm³/mol. The van der Waals surface area contributed by atoms with Gasteiger partial charge in [0.1, 0.15) is 0 Å². The highest BCUT2D eigenvalue weighted by molar-refractivity contribution is 5.33. The molecule has 0 amide bonds. The van der Waals surface area contributed by atoms with Crippen LogP contribution in [0.3, 0.4) is 0 Å². The van der Waals surface area contributed by atoms with Crippen LogP contribution in [0.4, 0.5) is 0 Å². The summed E-state index contributed by atoms with van der Waals surface area (Å²) in [5, 5.41) is 9.45. The molecule has 0 bridgehead atoms. The first-order valence-corrected chi connectivity index (χ1v) is 5.00. The molecule has 1 aliphatic rings. The molecule has 0 heterocycles. The third-order valence-electron chi connectivity index (χ3n) is 1.92. The maximum atomic E-state index is 9.45. The summed E-state index contributed by atoms with van der Waals surface area (Å²) in [6.45, 7) is 8.10. The summed E-state index contributed by atoms with van der Waals surface area (Å²) in [7, 11) is 0. The van der Waals surface area contributed by atoms with Gasteiger partial charge in [-0.05, 0) is 18.9 Å². The van der Waals surface area contributed by atoms with E-state index in [0.29, 0.717) is 12.2 Å². The molecule has 0 saturated heterocycles. The van der Waals surface area contributed by atoms with E-state index < -0.39 is 0 Å². The fourth-order valence-corrected chi connectivity index (χ4v) is 1.11. The van der Waals surface area contributed by atoms with Gasteiger partial charge in [-0.15, -0.1) is 0 Å². The fraction of sp³-hybridized carbons (Fsp3) is 0.500. The molecule has 0 spiro atoms. The number of aliphatic hydroxyl groups excluding tert-OH is 1. The van der Waals surface area contributed by atoms with Crippen molar-refractivity contribution < 1.29 is 5.11 Å². The van der Waals surface area contributed by atoms with Crippen LogP contribution >= 0.6 is 0 Å². The van der Waals surface area contributed by atoms with Gasteiger partial charge in [0.25, 0.3) is 0 Å². The third kappa shape index (κ3) is 3.97. The minimum atomic E-state index is 0.514. The van der Waals surface area contributed by atoms with Crippen molar-refractivity contribution in [2.24, 2.45) is 0 Å². The Labute approximate surface area is 81.5 Å². The molecule has 1 heteroatoms. The molecule has 0 saturated carbocycles. The van der Waals surface area contributed by atoms with E-state index in [4.69, 9.17) is 0 Å². The minimum Gasteiger partial charge on any atom is -0.512 e. The molecule has 13 heavy (non-hydrogen) atoms. The molecule has 0 fully saturated rings. The summed E-state index contributed by atoms with van der Waals surface area (Å²) in [5.74, 6) is 0.514. The zero-order chi connectivity index (χ0) is 10.3. The molecule has 1 aliphatic carbocycles. The Hall–Kier alpha value is -0.980. The van der Waals surface area contributed by atoms with Crippen LogP contribution < -0.4 is 0 Å². The Morgan fingerprint density at radius 1 is 1.31 bits per heavy atom. The second kappa shape index (κ2) is 6.53. The fourth-order valence-electron chi connectivity index (χ4n) is 1.11. The normalized spacial score (nSPS) is 15.8. The van der Waals surface area contributed by atoms with E-state index in [-0.39, 0.29) is 0 Å². The number of aliphatic hydroxyl groups is 1. The van der Waals surface area contributed by atoms with Gasteiger partial charge >= 0.3 is 0 Å². The lowest BCUT2D eigenvalue weighted by Crippen LogP contribution is -1.84. The number of hydrogen-bond donors (Lipinski definition) is 1. The van der Waals surface area contributed by atoms with Crippen LogP contribution in [-0.2, 0) is 0 Å². The average Bonchev–Trinajstić information content (AvgIpc) is 2.33. The molecule has 0 aliphatic heterocycles. The topological polar surface area (TPSA) is 20.2 Å². The summed E-state index contributed by atoms with van der Waals surface area (Å²) in [6.07, 6.45) is 7.66. The number of rotatable bonds is 1. The van der Waals surface area contributed by atoms with Gasteiger partial charge in [-0.1, -0.05) is 44.6 Å². The zero-order valence-electron chi connectivity index (χ0n) is 9.09. The van der Waals surface area contributed by atoms with Crippen molar-refractivity contribution >= 4 is 0 Å². The Kier molecular flexibility index (Phi) is 6.03. The van der Waals surface area contributed by atoms with Crippen molar-refractivity contribution in [3.05, 3.63) is 35.1 Å². The molecule has 1 N–H and O–H groups in total. The lowest BCUT2D eigenvalue weighted by molar-refractivity contribution is 0.394. The van der Waals surface area contributed by atoms with E-state index in [1.165, 1.54) is 5.57 Å². The van der Waals surface area contributed by atoms with E-state index in [9.17, 15) is 5.11 Å². The monoisotopic (exact) mass is 180 g/mol. The molecule has 0 atom stereocenters. The summed E-state index contributed by atoms with van der Waals surface area (Å²) in [6, 6.07) is 0. The zero-order valence-corrected chi connectivity index (χ0v) is 9.09. The van der Waals surface area contributed by atoms with E-state index in [2.05, 4.69) is 6.92 Å². The molecule has 0 aromatic carbocycles. The molecule has 74 valence electrons. The highest BCUT2D eigenvalue weighted by atomic mass is 16.3. The van der Waals surface area contributed by atoms with Gasteiger partial charge < -0.3 is 5.11 Å². The smallest absolute Gasteiger partial charge is 0.0992 e. The first kappa shape index (κ1) is 12.0. The Morgan fingerprint density at radius 2 is 1.92 bits per heavy atom. The molecule has 0 unspecified atom stereocenters. The maximum absolute atomic E-state index is 9.45. The molecular weight excluding hydrogens is 160 g/mol. The van der Waals surface area contributed by atoms with Crippen molar-refractivity contribution in [2.45, 2.75) is 40.5 Å². The van der Waals surface area contributed by atoms with Crippen LogP contribution in [0.1, 0.15) is 40.5 Å². The highest BCUT2D eigenvalue weighted by Gasteiger charge is 2.01. The van der Waals surface area contributed by atoms with Crippen molar-refractivity contribution in [2.75, 3.05) is 0 Å². The summed E-state index contributed by atoms with van der Waals surface area (Å²) < 4.78 is 0. The number of allylic oxidation sites excluding steroid dienone is 5. The van der Waals surface area contributed by atoms with Crippen LogP contribution in [0.25, 0.3) is 0 Å². The van der Waals surface area contributed by atoms with Crippen molar-refractivity contribution in [1.29, 1.82) is 0 Å². The number of hydrogen-bond acceptors (Lipinski definition) is 1. The van der Waals surface area contributed by atoms with Crippen LogP contribution in [0, 0.1) is 0 Å². The molecule has 1 rings (SSSR count). The van der Waals surface area contributed by atoms with Gasteiger partial charge in [0, 0.05) is 6.42 Å². The molecular formula is C12H20O. The average molecular weight is 180 g/mol. The lowest BCUT2D eigenvalue weighted by atomic mass is 10.1. The first-order chi connectivity index (χ1) is 6.24. The molecule has 0 radical (unpaired) electrons. The predicted octanol–water partition coefficient (Wildman–Crippen LogP) is 4.14. The maximum Gasteiger partial charge on any atom is 0.0992 e. The Balaban J connectivity index is 0.000000671. The lowest BCUT2D eigenvalue weighted by Gasteiger charge is -1.98. The first-order valence-electron chi connectivity index (χ1n) is 5.00. The van der Waals surface area contributed by atoms with Gasteiger partial charge in [0.15, 0.2) is 0 Å². The van der Waals surface area contributed by atoms with Crippen LogP contribution in [0.2, 0.25) is 0 Å². The van der Waals surface area contributed by atoms with Crippen molar-refractivity contribution in [1.82, 2.24) is 0 Å². The van der Waals surface area contributed by atoms with E-state index in [0.717, 1.165) is 12.0 Å². The molecule has 0 aromatic heterocycles. The quantitative estimate of drug-likeness (QED) is 0.643. The molecule has 1 nitrogen and oxygen atoms in total. The van der Waals surface area contributed by atoms with Gasteiger partial charge in [0.2, 0.25) is 0 Å². The summed E-state index contributed by atoms with van der Waals surface area (Å²) in [4.78, 5) is 0. The van der Waals surface area contributed by atoms with Gasteiger partial charge in [0.05, 0.1) is 5.76 Å². The van der Waals surface area contributed by atoms with Crippen LogP contribution in [-0.4, -0.2) is 5.11 Å². The standard InChI is InChI=1S/C10H14O.C2H6/c1-3-9-6-4-8(2)5-7-10(9)11;1-2/h4-6,11H,3,7H2,1-2H3;1-2H3. The van der Waals surface area contributed by atoms with Crippen LogP contribution in [0.5, 0.6) is 0 Å². The minimum absolute atomic E-state index is 0.514. The molecule has 0 aromatic rings. The van der Waals surface area contributed by atoms with Crippen molar-refractivity contribution in [3.63, 3.8) is 0 Å². The highest BCUT2D eigenvalue weighted by Crippen LogP contribution is 2.17. The Morgan fingerprint density at radius 3 is 2.46 bits per heavy atom.